The Morgan fingerprint density at radius 3 is 2.44 bits per heavy atom. The molecule has 3 amide bonds. The van der Waals surface area contributed by atoms with Crippen LogP contribution in [0.5, 0.6) is 0 Å². The molecule has 0 spiro atoms. The fourth-order valence-electron chi connectivity index (χ4n) is 1.71. The summed E-state index contributed by atoms with van der Waals surface area (Å²) in [6.45, 7) is 0. The van der Waals surface area contributed by atoms with E-state index in [0.717, 1.165) is 17.0 Å². The van der Waals surface area contributed by atoms with Gasteiger partial charge in [0.15, 0.2) is 0 Å². The van der Waals surface area contributed by atoms with Crippen molar-refractivity contribution in [3.05, 3.63) is 35.6 Å². The van der Waals surface area contributed by atoms with E-state index in [-0.39, 0.29) is 17.9 Å². The maximum atomic E-state index is 12.7. The van der Waals surface area contributed by atoms with E-state index in [4.69, 9.17) is 0 Å². The normalized spacial score (nSPS) is 19.2. The number of imide groups is 1. The Bertz CT molecular complexity index is 513. The van der Waals surface area contributed by atoms with Crippen LogP contribution < -0.4 is 5.32 Å². The largest absolute Gasteiger partial charge is 0.340 e. The van der Waals surface area contributed by atoms with E-state index in [2.05, 4.69) is 5.32 Å². The second-order valence-corrected chi connectivity index (χ2v) is 4.03. The zero-order valence-electron chi connectivity index (χ0n) is 9.64. The molecule has 1 N–H and O–H groups in total. The van der Waals surface area contributed by atoms with Crippen LogP contribution in [0.15, 0.2) is 24.3 Å². The number of carbonyl (C=O) groups excluding carboxylic acids is 3. The van der Waals surface area contributed by atoms with Crippen molar-refractivity contribution in [3.63, 3.8) is 0 Å². The van der Waals surface area contributed by atoms with Crippen molar-refractivity contribution in [2.24, 2.45) is 0 Å². The van der Waals surface area contributed by atoms with E-state index in [0.29, 0.717) is 0 Å². The SMILES string of the molecule is CN1C(=O)CC(NC(=O)c2ccc(F)cc2)C1=O. The zero-order valence-corrected chi connectivity index (χ0v) is 9.64. The van der Waals surface area contributed by atoms with Crippen molar-refractivity contribution in [1.29, 1.82) is 0 Å². The molecule has 1 atom stereocenters. The Hall–Kier alpha value is -2.24. The maximum absolute atomic E-state index is 12.7. The van der Waals surface area contributed by atoms with Crippen LogP contribution in [0.4, 0.5) is 4.39 Å². The molecule has 6 heteroatoms. The van der Waals surface area contributed by atoms with E-state index < -0.39 is 23.7 Å². The molecule has 1 aliphatic rings. The maximum Gasteiger partial charge on any atom is 0.252 e. The van der Waals surface area contributed by atoms with Gasteiger partial charge in [0, 0.05) is 12.6 Å². The molecule has 0 radical (unpaired) electrons. The highest BCUT2D eigenvalue weighted by Gasteiger charge is 2.36. The Labute approximate surface area is 103 Å². The quantitative estimate of drug-likeness (QED) is 0.768. The lowest BCUT2D eigenvalue weighted by atomic mass is 10.2. The van der Waals surface area contributed by atoms with Gasteiger partial charge in [-0.2, -0.15) is 0 Å². The average Bonchev–Trinajstić information content (AvgIpc) is 2.58. The van der Waals surface area contributed by atoms with Crippen molar-refractivity contribution >= 4 is 17.7 Å². The standard InChI is InChI=1S/C12H11FN2O3/c1-15-10(16)6-9(12(15)18)14-11(17)7-2-4-8(13)5-3-7/h2-5,9H,6H2,1H3,(H,14,17). The number of nitrogens with zero attached hydrogens (tertiary/aromatic N) is 1. The van der Waals surface area contributed by atoms with E-state index >= 15 is 0 Å². The number of likely N-dealkylation sites (N-methyl/N-ethyl adjacent to an activating group) is 1. The Kier molecular flexibility index (Phi) is 3.10. The van der Waals surface area contributed by atoms with Crippen molar-refractivity contribution < 1.29 is 18.8 Å². The van der Waals surface area contributed by atoms with Crippen molar-refractivity contribution in [1.82, 2.24) is 10.2 Å². The summed E-state index contributed by atoms with van der Waals surface area (Å²) < 4.78 is 12.7. The van der Waals surface area contributed by atoms with Gasteiger partial charge in [-0.1, -0.05) is 0 Å². The summed E-state index contributed by atoms with van der Waals surface area (Å²) in [6.07, 6.45) is -0.0394. The molecule has 1 fully saturated rings. The van der Waals surface area contributed by atoms with Crippen LogP contribution in [-0.4, -0.2) is 35.7 Å². The molecule has 1 aliphatic heterocycles. The van der Waals surface area contributed by atoms with E-state index in [1.807, 2.05) is 0 Å². The third kappa shape index (κ3) is 2.22. The molecule has 2 rings (SSSR count). The molecule has 1 saturated heterocycles. The van der Waals surface area contributed by atoms with Gasteiger partial charge in [0.2, 0.25) is 5.91 Å². The van der Waals surface area contributed by atoms with Gasteiger partial charge < -0.3 is 5.32 Å². The minimum atomic E-state index is -0.833. The van der Waals surface area contributed by atoms with Gasteiger partial charge >= 0.3 is 0 Å². The molecule has 0 aliphatic carbocycles. The number of halogens is 1. The number of rotatable bonds is 2. The topological polar surface area (TPSA) is 66.5 Å². The summed E-state index contributed by atoms with van der Waals surface area (Å²) in [5, 5.41) is 2.45. The number of amides is 3. The van der Waals surface area contributed by atoms with Crippen LogP contribution >= 0.6 is 0 Å². The first-order valence-electron chi connectivity index (χ1n) is 5.36. The van der Waals surface area contributed by atoms with Gasteiger partial charge in [0.05, 0.1) is 6.42 Å². The van der Waals surface area contributed by atoms with Gasteiger partial charge in [-0.25, -0.2) is 4.39 Å². The van der Waals surface area contributed by atoms with Crippen LogP contribution in [-0.2, 0) is 9.59 Å². The number of hydrogen-bond donors (Lipinski definition) is 1. The van der Waals surface area contributed by atoms with Gasteiger partial charge in [0.1, 0.15) is 11.9 Å². The Morgan fingerprint density at radius 2 is 1.94 bits per heavy atom. The number of nitrogens with one attached hydrogen (secondary N) is 1. The molecule has 0 bridgehead atoms. The molecular weight excluding hydrogens is 239 g/mol. The minimum absolute atomic E-state index is 0.0394. The second-order valence-electron chi connectivity index (χ2n) is 4.03. The van der Waals surface area contributed by atoms with Crippen LogP contribution in [0.3, 0.4) is 0 Å². The fraction of sp³-hybridized carbons (Fsp3) is 0.250. The van der Waals surface area contributed by atoms with Crippen molar-refractivity contribution in [2.75, 3.05) is 7.05 Å². The number of carbonyl (C=O) groups is 3. The summed E-state index contributed by atoms with van der Waals surface area (Å²) in [5.41, 5.74) is 0.242. The molecule has 0 saturated carbocycles. The number of benzene rings is 1. The predicted molar refractivity (Wildman–Crippen MR) is 60.0 cm³/mol. The lowest BCUT2D eigenvalue weighted by Crippen LogP contribution is -2.40. The van der Waals surface area contributed by atoms with Crippen molar-refractivity contribution in [3.8, 4) is 0 Å². The molecule has 0 aromatic heterocycles. The summed E-state index contributed by atoms with van der Waals surface area (Å²) in [4.78, 5) is 35.6. The highest BCUT2D eigenvalue weighted by Crippen LogP contribution is 2.11. The molecule has 94 valence electrons. The van der Waals surface area contributed by atoms with E-state index in [9.17, 15) is 18.8 Å². The monoisotopic (exact) mass is 250 g/mol. The highest BCUT2D eigenvalue weighted by atomic mass is 19.1. The second kappa shape index (κ2) is 4.56. The van der Waals surface area contributed by atoms with Gasteiger partial charge in [-0.05, 0) is 24.3 Å². The van der Waals surface area contributed by atoms with Crippen LogP contribution in [0.25, 0.3) is 0 Å². The van der Waals surface area contributed by atoms with Gasteiger partial charge in [-0.3, -0.25) is 19.3 Å². The summed E-state index contributed by atoms with van der Waals surface area (Å²) in [7, 11) is 1.37. The van der Waals surface area contributed by atoms with Crippen LogP contribution in [0, 0.1) is 5.82 Å². The molecule has 1 aromatic carbocycles. The summed E-state index contributed by atoms with van der Waals surface area (Å²) in [5.74, 6) is -1.71. The van der Waals surface area contributed by atoms with Gasteiger partial charge in [-0.15, -0.1) is 0 Å². The molecule has 1 heterocycles. The predicted octanol–water partition coefficient (Wildman–Crippen LogP) is 0.313. The fourth-order valence-corrected chi connectivity index (χ4v) is 1.71. The lowest BCUT2D eigenvalue weighted by molar-refractivity contribution is -0.137. The third-order valence-electron chi connectivity index (χ3n) is 2.79. The number of likely N-dealkylation sites (tertiary alicyclic amines) is 1. The Balaban J connectivity index is 2.06. The lowest BCUT2D eigenvalue weighted by Gasteiger charge is -2.10. The van der Waals surface area contributed by atoms with Crippen LogP contribution in [0.2, 0.25) is 0 Å². The highest BCUT2D eigenvalue weighted by molar-refractivity contribution is 6.07. The smallest absolute Gasteiger partial charge is 0.252 e. The molecule has 1 aromatic rings. The molecular formula is C12H11FN2O3. The van der Waals surface area contributed by atoms with E-state index in [1.165, 1.54) is 19.2 Å². The summed E-state index contributed by atoms with van der Waals surface area (Å²) >= 11 is 0. The zero-order chi connectivity index (χ0) is 13.3. The minimum Gasteiger partial charge on any atom is -0.340 e. The average molecular weight is 250 g/mol. The Morgan fingerprint density at radius 1 is 1.33 bits per heavy atom. The first-order chi connectivity index (χ1) is 8.49. The number of hydrogen-bond acceptors (Lipinski definition) is 3. The first kappa shape index (κ1) is 12.2. The first-order valence-corrected chi connectivity index (χ1v) is 5.36. The van der Waals surface area contributed by atoms with E-state index in [1.54, 1.807) is 0 Å². The molecule has 1 unspecified atom stereocenters. The third-order valence-corrected chi connectivity index (χ3v) is 2.79. The van der Waals surface area contributed by atoms with Crippen molar-refractivity contribution in [2.45, 2.75) is 12.5 Å². The van der Waals surface area contributed by atoms with Crippen LogP contribution in [0.1, 0.15) is 16.8 Å². The summed E-state index contributed by atoms with van der Waals surface area (Å²) in [6, 6.07) is 4.11. The molecule has 5 nitrogen and oxygen atoms in total. The molecule has 18 heavy (non-hydrogen) atoms. The van der Waals surface area contributed by atoms with Gasteiger partial charge in [0.25, 0.3) is 11.8 Å².